The highest BCUT2D eigenvalue weighted by Crippen LogP contribution is 2.18. The molecule has 2 rings (SSSR count). The van der Waals surface area contributed by atoms with Crippen LogP contribution in [0.15, 0.2) is 41.4 Å². The molecule has 1 heterocycles. The second-order valence-corrected chi connectivity index (χ2v) is 7.08. The van der Waals surface area contributed by atoms with Gasteiger partial charge in [0.25, 0.3) is 10.0 Å². The van der Waals surface area contributed by atoms with Gasteiger partial charge in [0.2, 0.25) is 0 Å². The number of sulfonamides is 1. The van der Waals surface area contributed by atoms with Gasteiger partial charge in [0.1, 0.15) is 11.6 Å². The van der Waals surface area contributed by atoms with E-state index in [0.717, 1.165) is 18.2 Å². The number of pyridine rings is 1. The van der Waals surface area contributed by atoms with Gasteiger partial charge in [-0.25, -0.2) is 17.8 Å². The van der Waals surface area contributed by atoms with E-state index in [4.69, 9.17) is 0 Å². The molecule has 1 unspecified atom stereocenters. The van der Waals surface area contributed by atoms with Crippen LogP contribution in [0.4, 0.5) is 15.9 Å². The lowest BCUT2D eigenvalue weighted by atomic mass is 10.2. The molecule has 0 bridgehead atoms. The van der Waals surface area contributed by atoms with Gasteiger partial charge >= 0.3 is 0 Å². The molecule has 0 amide bonds. The highest BCUT2D eigenvalue weighted by Gasteiger charge is 2.16. The maximum absolute atomic E-state index is 13.3. The molecule has 0 aliphatic rings. The molecule has 2 aromatic rings. The van der Waals surface area contributed by atoms with Crippen LogP contribution in [0.1, 0.15) is 25.8 Å². The summed E-state index contributed by atoms with van der Waals surface area (Å²) in [7, 11) is -3.79. The Morgan fingerprint density at radius 1 is 1.26 bits per heavy atom. The summed E-state index contributed by atoms with van der Waals surface area (Å²) in [5, 5.41) is 3.25. The zero-order chi connectivity index (χ0) is 17.0. The summed E-state index contributed by atoms with van der Waals surface area (Å²) in [5.74, 6) is -0.232. The second-order valence-electron chi connectivity index (χ2n) is 5.40. The summed E-state index contributed by atoms with van der Waals surface area (Å²) < 4.78 is 40.2. The fourth-order valence-corrected chi connectivity index (χ4v) is 3.00. The Bertz CT molecular complexity index is 776. The molecule has 0 spiro atoms. The molecule has 1 aromatic heterocycles. The van der Waals surface area contributed by atoms with E-state index in [2.05, 4.69) is 21.9 Å². The fourth-order valence-electron chi connectivity index (χ4n) is 1.91. The summed E-state index contributed by atoms with van der Waals surface area (Å²) in [6, 6.07) is 7.30. The molecule has 124 valence electrons. The number of hydrogen-bond acceptors (Lipinski definition) is 4. The molecular weight excluding hydrogens is 317 g/mol. The highest BCUT2D eigenvalue weighted by molar-refractivity contribution is 7.92. The Labute approximate surface area is 136 Å². The van der Waals surface area contributed by atoms with E-state index in [-0.39, 0.29) is 16.3 Å². The molecule has 23 heavy (non-hydrogen) atoms. The molecule has 0 saturated heterocycles. The number of rotatable bonds is 6. The van der Waals surface area contributed by atoms with Crippen LogP contribution in [-0.2, 0) is 10.0 Å². The molecule has 1 aromatic carbocycles. The van der Waals surface area contributed by atoms with Crippen molar-refractivity contribution in [3.8, 4) is 0 Å². The lowest BCUT2D eigenvalue weighted by molar-refractivity contribution is 0.598. The third-order valence-electron chi connectivity index (χ3n) is 3.47. The van der Waals surface area contributed by atoms with Gasteiger partial charge < -0.3 is 5.32 Å². The number of benzene rings is 1. The maximum Gasteiger partial charge on any atom is 0.263 e. The molecule has 5 nitrogen and oxygen atoms in total. The molecule has 2 N–H and O–H groups in total. The van der Waals surface area contributed by atoms with Crippen LogP contribution in [0.5, 0.6) is 0 Å². The van der Waals surface area contributed by atoms with Crippen LogP contribution in [0.3, 0.4) is 0 Å². The number of anilines is 2. The molecule has 0 fully saturated rings. The highest BCUT2D eigenvalue weighted by atomic mass is 32.2. The van der Waals surface area contributed by atoms with Crippen molar-refractivity contribution in [2.24, 2.45) is 0 Å². The average molecular weight is 337 g/mol. The molecule has 0 aliphatic heterocycles. The van der Waals surface area contributed by atoms with Crippen LogP contribution in [-0.4, -0.2) is 19.4 Å². The number of hydrogen-bond donors (Lipinski definition) is 2. The molecule has 7 heteroatoms. The van der Waals surface area contributed by atoms with E-state index in [1.54, 1.807) is 18.3 Å². The number of halogens is 1. The van der Waals surface area contributed by atoms with Crippen molar-refractivity contribution < 1.29 is 12.8 Å². The number of nitrogens with zero attached hydrogens (tertiary/aromatic N) is 1. The fraction of sp³-hybridized carbons (Fsp3) is 0.312. The zero-order valence-electron chi connectivity index (χ0n) is 13.3. The quantitative estimate of drug-likeness (QED) is 0.846. The van der Waals surface area contributed by atoms with E-state index >= 15 is 0 Å². The van der Waals surface area contributed by atoms with E-state index in [1.165, 1.54) is 19.1 Å². The van der Waals surface area contributed by atoms with Gasteiger partial charge in [-0.05, 0) is 56.2 Å². The Morgan fingerprint density at radius 2 is 2.00 bits per heavy atom. The lowest BCUT2D eigenvalue weighted by Crippen LogP contribution is -2.15. The predicted octanol–water partition coefficient (Wildman–Crippen LogP) is 3.54. The average Bonchev–Trinajstić information content (AvgIpc) is 2.51. The molecule has 0 aliphatic carbocycles. The van der Waals surface area contributed by atoms with Crippen LogP contribution in [0.25, 0.3) is 0 Å². The topological polar surface area (TPSA) is 71.1 Å². The van der Waals surface area contributed by atoms with Crippen LogP contribution >= 0.6 is 0 Å². The van der Waals surface area contributed by atoms with Gasteiger partial charge in [-0.3, -0.25) is 4.72 Å². The van der Waals surface area contributed by atoms with Crippen molar-refractivity contribution in [1.82, 2.24) is 4.98 Å². The first-order chi connectivity index (χ1) is 10.8. The van der Waals surface area contributed by atoms with Crippen molar-refractivity contribution >= 4 is 21.5 Å². The van der Waals surface area contributed by atoms with Crippen molar-refractivity contribution in [2.75, 3.05) is 10.0 Å². The first-order valence-electron chi connectivity index (χ1n) is 7.33. The first-order valence-corrected chi connectivity index (χ1v) is 8.81. The summed E-state index contributed by atoms with van der Waals surface area (Å²) in [6.07, 6.45) is 2.54. The van der Waals surface area contributed by atoms with Gasteiger partial charge in [-0.1, -0.05) is 6.92 Å². The Hall–Kier alpha value is -2.15. The number of aromatic nitrogens is 1. The van der Waals surface area contributed by atoms with E-state index in [1.807, 2.05) is 6.92 Å². The molecule has 0 saturated carbocycles. The van der Waals surface area contributed by atoms with Crippen LogP contribution < -0.4 is 10.0 Å². The number of nitrogens with one attached hydrogen (secondary N) is 2. The summed E-state index contributed by atoms with van der Waals surface area (Å²) in [6.45, 7) is 5.63. The van der Waals surface area contributed by atoms with Crippen molar-refractivity contribution in [1.29, 1.82) is 0 Å². The zero-order valence-corrected chi connectivity index (χ0v) is 14.1. The third kappa shape index (κ3) is 4.41. The van der Waals surface area contributed by atoms with Gasteiger partial charge in [-0.2, -0.15) is 0 Å². The monoisotopic (exact) mass is 337 g/mol. The Kier molecular flexibility index (Phi) is 5.20. The minimum Gasteiger partial charge on any atom is -0.381 e. The summed E-state index contributed by atoms with van der Waals surface area (Å²) >= 11 is 0. The van der Waals surface area contributed by atoms with Gasteiger partial charge in [0.15, 0.2) is 0 Å². The van der Waals surface area contributed by atoms with Gasteiger partial charge in [0, 0.05) is 6.04 Å². The second kappa shape index (κ2) is 6.95. The molecule has 1 atom stereocenters. The Morgan fingerprint density at radius 3 is 2.57 bits per heavy atom. The lowest BCUT2D eigenvalue weighted by Gasteiger charge is -2.13. The molecule has 0 radical (unpaired) electrons. The van der Waals surface area contributed by atoms with Crippen molar-refractivity contribution in [2.45, 2.75) is 38.1 Å². The smallest absolute Gasteiger partial charge is 0.263 e. The minimum atomic E-state index is -3.79. The maximum atomic E-state index is 13.3. The number of aryl methyl sites for hydroxylation is 1. The van der Waals surface area contributed by atoms with E-state index < -0.39 is 15.8 Å². The third-order valence-corrected chi connectivity index (χ3v) is 4.82. The van der Waals surface area contributed by atoms with Crippen LogP contribution in [0, 0.1) is 12.7 Å². The largest absolute Gasteiger partial charge is 0.381 e. The summed E-state index contributed by atoms with van der Waals surface area (Å²) in [5.41, 5.74) is 1.09. The summed E-state index contributed by atoms with van der Waals surface area (Å²) in [4.78, 5) is 4.09. The van der Waals surface area contributed by atoms with Crippen molar-refractivity contribution in [3.63, 3.8) is 0 Å². The minimum absolute atomic E-state index is 0.00000624. The van der Waals surface area contributed by atoms with Crippen molar-refractivity contribution in [3.05, 3.63) is 47.9 Å². The SMILES string of the molecule is CCC(C)Nc1ccc(NS(=O)(=O)c2ccc(F)c(C)c2)nc1. The van der Waals surface area contributed by atoms with E-state index in [9.17, 15) is 12.8 Å². The normalized spacial score (nSPS) is 12.7. The standard InChI is InChI=1S/C16H20FN3O2S/c1-4-12(3)19-13-5-8-16(18-10-13)20-23(21,22)14-6-7-15(17)11(2)9-14/h5-10,12,19H,4H2,1-3H3,(H,18,20). The molecular formula is C16H20FN3O2S. The van der Waals surface area contributed by atoms with Crippen LogP contribution in [0.2, 0.25) is 0 Å². The van der Waals surface area contributed by atoms with E-state index in [0.29, 0.717) is 6.04 Å². The van der Waals surface area contributed by atoms with Gasteiger partial charge in [-0.15, -0.1) is 0 Å². The Balaban J connectivity index is 2.15. The first kappa shape index (κ1) is 17.2. The van der Waals surface area contributed by atoms with Gasteiger partial charge in [0.05, 0.1) is 16.8 Å². The predicted molar refractivity (Wildman–Crippen MR) is 89.6 cm³/mol.